The maximum atomic E-state index is 5.67. The molecule has 0 radical (unpaired) electrons. The van der Waals surface area contributed by atoms with Crippen LogP contribution >= 0.6 is 0 Å². The Kier molecular flexibility index (Phi) is 6.29. The molecule has 0 fully saturated rings. The van der Waals surface area contributed by atoms with Crippen molar-refractivity contribution in [3.05, 3.63) is 35.3 Å². The summed E-state index contributed by atoms with van der Waals surface area (Å²) in [5.41, 5.74) is 4.41. The van der Waals surface area contributed by atoms with Crippen molar-refractivity contribution in [2.24, 2.45) is 0 Å². The number of aromatic nitrogens is 2. The van der Waals surface area contributed by atoms with Crippen LogP contribution in [0.15, 0.2) is 18.2 Å². The molecular formula is C17H26N2O. The molecule has 0 aliphatic carbocycles. The van der Waals surface area contributed by atoms with E-state index in [1.54, 1.807) is 0 Å². The van der Waals surface area contributed by atoms with Crippen LogP contribution < -0.4 is 4.74 Å². The maximum Gasteiger partial charge on any atom is 0.130 e. The van der Waals surface area contributed by atoms with E-state index in [2.05, 4.69) is 48.9 Å². The molecule has 3 rings (SSSR count). The molecule has 0 amide bonds. The van der Waals surface area contributed by atoms with Crippen LogP contribution in [0.5, 0.6) is 5.75 Å². The lowest BCUT2D eigenvalue weighted by Gasteiger charge is -2.16. The highest BCUT2D eigenvalue weighted by atomic mass is 16.5. The zero-order chi connectivity index (χ0) is 15.1. The summed E-state index contributed by atoms with van der Waals surface area (Å²) in [4.78, 5) is 7.70. The third kappa shape index (κ3) is 3.62. The summed E-state index contributed by atoms with van der Waals surface area (Å²) in [6, 6.07) is 6.21. The van der Waals surface area contributed by atoms with Gasteiger partial charge in [0.2, 0.25) is 0 Å². The van der Waals surface area contributed by atoms with Crippen LogP contribution in [0.3, 0.4) is 0 Å². The molecule has 1 aromatic carbocycles. The van der Waals surface area contributed by atoms with E-state index >= 15 is 0 Å². The van der Waals surface area contributed by atoms with Crippen molar-refractivity contribution in [3.8, 4) is 17.0 Å². The highest BCUT2D eigenvalue weighted by Crippen LogP contribution is 2.36. The molecule has 3 heteroatoms. The van der Waals surface area contributed by atoms with Crippen LogP contribution in [0.4, 0.5) is 0 Å². The van der Waals surface area contributed by atoms with Gasteiger partial charge in [0.05, 0.1) is 11.4 Å². The van der Waals surface area contributed by atoms with E-state index in [9.17, 15) is 0 Å². The van der Waals surface area contributed by atoms with Gasteiger partial charge in [0.25, 0.3) is 0 Å². The standard InChI is InChI=1S/C12H12N2O.C3H8.C2H6/c1-7-3-4-9-11(5-7)15-6-10-12(9)14-8(2)13-10;1-3-2;1-2/h3-5H,6H2,1-2H3,(H,13,14);3H2,1-2H3;1-2H3. The lowest BCUT2D eigenvalue weighted by molar-refractivity contribution is 0.297. The fraction of sp³-hybridized carbons (Fsp3) is 0.471. The molecule has 0 spiro atoms. The molecule has 110 valence electrons. The topological polar surface area (TPSA) is 37.9 Å². The lowest BCUT2D eigenvalue weighted by atomic mass is 10.0. The lowest BCUT2D eigenvalue weighted by Crippen LogP contribution is -2.05. The van der Waals surface area contributed by atoms with Gasteiger partial charge in [0.1, 0.15) is 18.2 Å². The minimum absolute atomic E-state index is 0.590. The summed E-state index contributed by atoms with van der Waals surface area (Å²) in [7, 11) is 0. The smallest absolute Gasteiger partial charge is 0.130 e. The number of nitrogens with one attached hydrogen (secondary N) is 1. The Hall–Kier alpha value is -1.77. The number of nitrogens with zero attached hydrogens (tertiary/aromatic N) is 1. The van der Waals surface area contributed by atoms with Crippen LogP contribution in [-0.4, -0.2) is 9.97 Å². The molecule has 1 aliphatic heterocycles. The Morgan fingerprint density at radius 1 is 1.20 bits per heavy atom. The van der Waals surface area contributed by atoms with Crippen molar-refractivity contribution in [3.63, 3.8) is 0 Å². The average molecular weight is 274 g/mol. The van der Waals surface area contributed by atoms with E-state index in [0.29, 0.717) is 6.61 Å². The fourth-order valence-corrected chi connectivity index (χ4v) is 1.96. The summed E-state index contributed by atoms with van der Waals surface area (Å²) < 4.78 is 5.67. The summed E-state index contributed by atoms with van der Waals surface area (Å²) in [6.45, 7) is 12.9. The first-order valence-corrected chi connectivity index (χ1v) is 7.45. The Balaban J connectivity index is 0.000000357. The van der Waals surface area contributed by atoms with Crippen LogP contribution in [-0.2, 0) is 6.61 Å². The minimum Gasteiger partial charge on any atom is -0.487 e. The van der Waals surface area contributed by atoms with Crippen molar-refractivity contribution < 1.29 is 4.74 Å². The molecule has 1 N–H and O–H groups in total. The number of hydrogen-bond donors (Lipinski definition) is 1. The van der Waals surface area contributed by atoms with Gasteiger partial charge in [-0.1, -0.05) is 40.2 Å². The highest BCUT2D eigenvalue weighted by molar-refractivity contribution is 5.71. The summed E-state index contributed by atoms with van der Waals surface area (Å²) in [5, 5.41) is 0. The molecule has 1 aliphatic rings. The van der Waals surface area contributed by atoms with Crippen LogP contribution in [0.1, 0.15) is 51.2 Å². The molecule has 3 nitrogen and oxygen atoms in total. The van der Waals surface area contributed by atoms with E-state index in [-0.39, 0.29) is 0 Å². The van der Waals surface area contributed by atoms with Crippen molar-refractivity contribution in [1.82, 2.24) is 9.97 Å². The van der Waals surface area contributed by atoms with Crippen molar-refractivity contribution in [1.29, 1.82) is 0 Å². The van der Waals surface area contributed by atoms with Crippen molar-refractivity contribution >= 4 is 0 Å². The zero-order valence-corrected chi connectivity index (χ0v) is 13.5. The van der Waals surface area contributed by atoms with E-state index in [0.717, 1.165) is 28.5 Å². The first-order chi connectivity index (χ1) is 9.65. The number of aryl methyl sites for hydroxylation is 2. The number of aromatic amines is 1. The Labute approximate surface area is 122 Å². The van der Waals surface area contributed by atoms with Gasteiger partial charge < -0.3 is 9.72 Å². The number of imidazole rings is 1. The molecular weight excluding hydrogens is 248 g/mol. The third-order valence-corrected chi connectivity index (χ3v) is 2.66. The van der Waals surface area contributed by atoms with Gasteiger partial charge in [-0.05, 0) is 31.5 Å². The summed E-state index contributed by atoms with van der Waals surface area (Å²) in [5.74, 6) is 1.88. The summed E-state index contributed by atoms with van der Waals surface area (Å²) >= 11 is 0. The van der Waals surface area contributed by atoms with Gasteiger partial charge in [-0.15, -0.1) is 0 Å². The van der Waals surface area contributed by atoms with Gasteiger partial charge in [0, 0.05) is 5.56 Å². The van der Waals surface area contributed by atoms with Crippen molar-refractivity contribution in [2.75, 3.05) is 0 Å². The Morgan fingerprint density at radius 3 is 2.50 bits per heavy atom. The summed E-state index contributed by atoms with van der Waals surface area (Å²) in [6.07, 6.45) is 1.25. The molecule has 2 heterocycles. The van der Waals surface area contributed by atoms with Crippen LogP contribution in [0.25, 0.3) is 11.3 Å². The molecule has 0 saturated carbocycles. The predicted octanol–water partition coefficient (Wildman–Crippen LogP) is 5.03. The number of benzene rings is 1. The first kappa shape index (κ1) is 16.3. The Bertz CT molecular complexity index is 544. The monoisotopic (exact) mass is 274 g/mol. The van der Waals surface area contributed by atoms with Gasteiger partial charge in [-0.3, -0.25) is 0 Å². The number of fused-ring (bicyclic) bond motifs is 3. The SMILES string of the molecule is CC.CCC.Cc1ccc2c(c1)OCc1[nH]c(C)nc1-2. The van der Waals surface area contributed by atoms with Crippen molar-refractivity contribution in [2.45, 2.75) is 54.6 Å². The second kappa shape index (κ2) is 7.73. The van der Waals surface area contributed by atoms with Gasteiger partial charge in [-0.25, -0.2) is 4.98 Å². The van der Waals surface area contributed by atoms with Gasteiger partial charge in [0.15, 0.2) is 0 Å². The molecule has 0 atom stereocenters. The second-order valence-corrected chi connectivity index (χ2v) is 4.64. The largest absolute Gasteiger partial charge is 0.487 e. The van der Waals surface area contributed by atoms with Crippen LogP contribution in [0, 0.1) is 13.8 Å². The molecule has 0 saturated heterocycles. The highest BCUT2D eigenvalue weighted by Gasteiger charge is 2.20. The predicted molar refractivity (Wildman–Crippen MR) is 85.1 cm³/mol. The van der Waals surface area contributed by atoms with E-state index in [1.165, 1.54) is 12.0 Å². The minimum atomic E-state index is 0.590. The van der Waals surface area contributed by atoms with Gasteiger partial charge in [-0.2, -0.15) is 0 Å². The third-order valence-electron chi connectivity index (χ3n) is 2.66. The molecule has 20 heavy (non-hydrogen) atoms. The molecule has 2 aromatic rings. The number of rotatable bonds is 0. The normalized spacial score (nSPS) is 10.9. The quantitative estimate of drug-likeness (QED) is 0.731. The number of H-pyrrole nitrogens is 1. The maximum absolute atomic E-state index is 5.67. The van der Waals surface area contributed by atoms with E-state index in [1.807, 2.05) is 20.8 Å². The first-order valence-electron chi connectivity index (χ1n) is 7.45. The average Bonchev–Trinajstić information content (AvgIpc) is 2.82. The fourth-order valence-electron chi connectivity index (χ4n) is 1.96. The van der Waals surface area contributed by atoms with Crippen LogP contribution in [0.2, 0.25) is 0 Å². The molecule has 1 aromatic heterocycles. The Morgan fingerprint density at radius 2 is 1.85 bits per heavy atom. The second-order valence-electron chi connectivity index (χ2n) is 4.64. The number of ether oxygens (including phenoxy) is 1. The zero-order valence-electron chi connectivity index (χ0n) is 13.5. The molecule has 0 unspecified atom stereocenters. The van der Waals surface area contributed by atoms with E-state index in [4.69, 9.17) is 4.74 Å². The van der Waals surface area contributed by atoms with E-state index < -0.39 is 0 Å². The molecule has 0 bridgehead atoms. The number of hydrogen-bond acceptors (Lipinski definition) is 2. The van der Waals surface area contributed by atoms with Gasteiger partial charge >= 0.3 is 0 Å².